The molecule has 15 heteroatoms. The quantitative estimate of drug-likeness (QED) is 0.139. The fraction of sp³-hybridized carbons (Fsp3) is 0. The number of anilines is 1. The third-order valence-electron chi connectivity index (χ3n) is 5.07. The van der Waals surface area contributed by atoms with Crippen molar-refractivity contribution in [2.75, 3.05) is 5.73 Å². The van der Waals surface area contributed by atoms with Gasteiger partial charge in [-0.3, -0.25) is 9.59 Å². The Labute approximate surface area is 196 Å². The number of quaternary nitrogens is 1. The number of aromatic nitrogens is 4. The molecule has 0 spiro atoms. The van der Waals surface area contributed by atoms with Crippen molar-refractivity contribution in [3.8, 4) is 22.8 Å². The monoisotopic (exact) mass is 504 g/mol. The summed E-state index contributed by atoms with van der Waals surface area (Å²) < 4.78 is 74.7. The van der Waals surface area contributed by atoms with Gasteiger partial charge in [0.1, 0.15) is 29.4 Å². The zero-order valence-corrected chi connectivity index (χ0v) is 17.5. The molecule has 2 aromatic heterocycles. The lowest BCUT2D eigenvalue weighted by molar-refractivity contribution is -0.819. The van der Waals surface area contributed by atoms with Crippen LogP contribution in [0.15, 0.2) is 42.7 Å². The number of imide groups is 1. The van der Waals surface area contributed by atoms with Crippen molar-refractivity contribution in [2.45, 2.75) is 0 Å². The van der Waals surface area contributed by atoms with Crippen molar-refractivity contribution in [1.82, 2.24) is 24.9 Å². The van der Waals surface area contributed by atoms with Crippen LogP contribution in [0.25, 0.3) is 22.3 Å². The molecule has 1 aliphatic rings. The van der Waals surface area contributed by atoms with E-state index in [1.165, 1.54) is 0 Å². The van der Waals surface area contributed by atoms with Gasteiger partial charge in [-0.1, -0.05) is 9.80 Å². The Hall–Kier alpha value is -4.92. The molecule has 2 aromatic carbocycles. The molecule has 36 heavy (non-hydrogen) atoms. The first-order valence-corrected chi connectivity index (χ1v) is 9.85. The van der Waals surface area contributed by atoms with E-state index in [9.17, 15) is 27.2 Å². The van der Waals surface area contributed by atoms with E-state index in [0.29, 0.717) is 6.07 Å². The van der Waals surface area contributed by atoms with Crippen LogP contribution in [0.5, 0.6) is 11.5 Å². The third kappa shape index (κ3) is 3.67. The van der Waals surface area contributed by atoms with Gasteiger partial charge in [0.25, 0.3) is 0 Å². The Balaban J connectivity index is 1.55. The molecule has 0 saturated carbocycles. The fourth-order valence-electron chi connectivity index (χ4n) is 3.41. The van der Waals surface area contributed by atoms with Crippen LogP contribution in [-0.4, -0.2) is 36.7 Å². The van der Waals surface area contributed by atoms with Gasteiger partial charge in [0, 0.05) is 29.8 Å². The van der Waals surface area contributed by atoms with Gasteiger partial charge in [-0.2, -0.15) is 8.78 Å². The molecule has 1 aliphatic heterocycles. The first-order chi connectivity index (χ1) is 17.2. The van der Waals surface area contributed by atoms with E-state index in [-0.39, 0.29) is 34.2 Å². The van der Waals surface area contributed by atoms with Crippen LogP contribution in [0.4, 0.5) is 27.8 Å². The molecular weight excluding hydrogens is 493 g/mol. The highest BCUT2D eigenvalue weighted by Crippen LogP contribution is 2.35. The maximum atomic E-state index is 15.1. The SMILES string of the molecule is Nc1ncnc2c1c(-c1ccc(Oc3c(F)c(F)cc(F)c3F)cc1F)nn2[NH2+]N1C(=O)C=CC1=O. The lowest BCUT2D eigenvalue weighted by Gasteiger charge is -2.10. The summed E-state index contributed by atoms with van der Waals surface area (Å²) in [5.74, 6) is -11.3. The molecule has 4 N–H and O–H groups in total. The molecule has 0 atom stereocenters. The molecule has 2 amide bonds. The fourth-order valence-corrected chi connectivity index (χ4v) is 3.41. The number of carbonyl (C=O) groups excluding carboxylic acids is 2. The van der Waals surface area contributed by atoms with E-state index in [1.54, 1.807) is 0 Å². The molecule has 0 unspecified atom stereocenters. The molecule has 182 valence electrons. The van der Waals surface area contributed by atoms with E-state index in [4.69, 9.17) is 10.5 Å². The standard InChI is InChI=1S/C21H10F5N7O3/c22-10-5-8(36-19-16(25)11(23)6-12(24)17(19)26)1-2-9(10)18-15-20(27)28-7-29-21(15)33(30-18)31-32-13(34)3-4-14(32)35/h1-7,31H,(H2,27,28,29)/p+1. The number of ether oxygens (including phenoxy) is 1. The predicted molar refractivity (Wildman–Crippen MR) is 110 cm³/mol. The topological polar surface area (TPSA) is 133 Å². The molecule has 0 radical (unpaired) electrons. The summed E-state index contributed by atoms with van der Waals surface area (Å²) in [6.07, 6.45) is 3.18. The van der Waals surface area contributed by atoms with E-state index in [2.05, 4.69) is 15.1 Å². The highest BCUT2D eigenvalue weighted by atomic mass is 19.2. The maximum Gasteiger partial charge on any atom is 0.302 e. The molecule has 0 bridgehead atoms. The highest BCUT2D eigenvalue weighted by molar-refractivity contribution is 6.11. The van der Waals surface area contributed by atoms with Crippen LogP contribution in [-0.2, 0) is 9.59 Å². The number of hydrogen-bond acceptors (Lipinski definition) is 7. The van der Waals surface area contributed by atoms with Gasteiger partial charge in [0.2, 0.25) is 23.0 Å². The van der Waals surface area contributed by atoms with E-state index >= 15 is 4.39 Å². The lowest BCUT2D eigenvalue weighted by Crippen LogP contribution is -2.98. The van der Waals surface area contributed by atoms with Crippen LogP contribution in [0.3, 0.4) is 0 Å². The van der Waals surface area contributed by atoms with Crippen LogP contribution in [0, 0.1) is 29.1 Å². The van der Waals surface area contributed by atoms with Gasteiger partial charge in [-0.25, -0.2) is 23.1 Å². The zero-order valence-electron chi connectivity index (χ0n) is 17.5. The number of nitrogens with two attached hydrogens (primary N) is 2. The second kappa shape index (κ2) is 8.38. The largest absolute Gasteiger partial charge is 0.451 e. The van der Waals surface area contributed by atoms with Gasteiger partial charge in [-0.15, -0.1) is 10.6 Å². The minimum Gasteiger partial charge on any atom is -0.451 e. The Morgan fingerprint density at radius 2 is 1.56 bits per heavy atom. The Morgan fingerprint density at radius 1 is 0.889 bits per heavy atom. The second-order valence-corrected chi connectivity index (χ2v) is 7.29. The van der Waals surface area contributed by atoms with Crippen molar-refractivity contribution in [3.63, 3.8) is 0 Å². The number of rotatable bonds is 5. The predicted octanol–water partition coefficient (Wildman–Crippen LogP) is 1.73. The minimum absolute atomic E-state index is 0.00543. The molecule has 0 aliphatic carbocycles. The number of carbonyl (C=O) groups is 2. The Kier molecular flexibility index (Phi) is 5.32. The van der Waals surface area contributed by atoms with Crippen LogP contribution < -0.4 is 16.0 Å². The van der Waals surface area contributed by atoms with Crippen molar-refractivity contribution < 1.29 is 41.8 Å². The minimum atomic E-state index is -1.80. The van der Waals surface area contributed by atoms with Gasteiger partial charge in [0.05, 0.1) is 5.39 Å². The van der Waals surface area contributed by atoms with Gasteiger partial charge >= 0.3 is 11.8 Å². The summed E-state index contributed by atoms with van der Waals surface area (Å²) in [6, 6.07) is 2.86. The summed E-state index contributed by atoms with van der Waals surface area (Å²) in [4.78, 5) is 32.7. The molecule has 10 nitrogen and oxygen atoms in total. The number of amides is 2. The highest BCUT2D eigenvalue weighted by Gasteiger charge is 2.31. The van der Waals surface area contributed by atoms with Crippen molar-refractivity contribution >= 4 is 28.7 Å². The van der Waals surface area contributed by atoms with Gasteiger partial charge < -0.3 is 10.5 Å². The summed E-state index contributed by atoms with van der Waals surface area (Å²) in [5, 5.41) is 4.99. The van der Waals surface area contributed by atoms with Crippen LogP contribution in [0.1, 0.15) is 0 Å². The molecule has 3 heterocycles. The van der Waals surface area contributed by atoms with Crippen molar-refractivity contribution in [1.29, 1.82) is 0 Å². The molecule has 5 rings (SSSR count). The second-order valence-electron chi connectivity index (χ2n) is 7.29. The Morgan fingerprint density at radius 3 is 2.19 bits per heavy atom. The molecule has 0 saturated heterocycles. The number of fused-ring (bicyclic) bond motifs is 1. The molecule has 4 aromatic rings. The average molecular weight is 504 g/mol. The smallest absolute Gasteiger partial charge is 0.302 e. The van der Waals surface area contributed by atoms with Crippen molar-refractivity contribution in [2.24, 2.45) is 0 Å². The third-order valence-corrected chi connectivity index (χ3v) is 5.07. The van der Waals surface area contributed by atoms with Gasteiger partial charge in [-0.05, 0) is 12.1 Å². The number of halogens is 5. The van der Waals surface area contributed by atoms with E-state index in [0.717, 1.165) is 45.9 Å². The zero-order chi connectivity index (χ0) is 25.7. The van der Waals surface area contributed by atoms with E-state index in [1.807, 2.05) is 0 Å². The first kappa shape index (κ1) is 22.9. The molecular formula is C21H11F5N7O3+. The van der Waals surface area contributed by atoms with Crippen LogP contribution in [0.2, 0.25) is 0 Å². The first-order valence-electron chi connectivity index (χ1n) is 9.85. The lowest BCUT2D eigenvalue weighted by atomic mass is 10.1. The average Bonchev–Trinajstić information content (AvgIpc) is 3.36. The summed E-state index contributed by atoms with van der Waals surface area (Å²) in [5.41, 5.74) is 6.69. The van der Waals surface area contributed by atoms with E-state index < -0.39 is 52.4 Å². The Bertz CT molecular complexity index is 1580. The number of nitrogen functional groups attached to an aromatic ring is 1. The normalized spacial score (nSPS) is 13.3. The maximum absolute atomic E-state index is 15.1. The number of nitrogens with zero attached hydrogens (tertiary/aromatic N) is 5. The van der Waals surface area contributed by atoms with Crippen LogP contribution >= 0.6 is 0 Å². The summed E-state index contributed by atoms with van der Waals surface area (Å²) in [6.45, 7) is 0. The number of benzene rings is 2. The summed E-state index contributed by atoms with van der Waals surface area (Å²) in [7, 11) is 0. The van der Waals surface area contributed by atoms with Gasteiger partial charge in [0.15, 0.2) is 11.6 Å². The molecule has 0 fully saturated rings. The summed E-state index contributed by atoms with van der Waals surface area (Å²) >= 11 is 0. The number of hydrogen-bond donors (Lipinski definition) is 2. The van der Waals surface area contributed by atoms with Crippen molar-refractivity contribution in [3.05, 3.63) is 71.8 Å².